The molecule has 36 heavy (non-hydrogen) atoms. The van der Waals surface area contributed by atoms with Crippen molar-refractivity contribution in [1.29, 1.82) is 0 Å². The number of alkyl halides is 1. The fourth-order valence-electron chi connectivity index (χ4n) is 5.44. The number of rotatable bonds is 6. The van der Waals surface area contributed by atoms with Gasteiger partial charge < -0.3 is 16.4 Å². The largest absolute Gasteiger partial charge is 0.383 e. The molecule has 1 aromatic carbocycles. The Kier molecular flexibility index (Phi) is 5.59. The van der Waals surface area contributed by atoms with Crippen molar-refractivity contribution in [2.45, 2.75) is 49.7 Å². The van der Waals surface area contributed by atoms with Crippen molar-refractivity contribution in [2.24, 2.45) is 21.6 Å². The van der Waals surface area contributed by atoms with Gasteiger partial charge in [-0.25, -0.2) is 13.8 Å². The molecule has 2 heterocycles. The maximum atomic E-state index is 15.4. The molecular formula is C25H26ClF2N7O. The number of carbonyl (C=O) groups excluding carboxylic acids is 1. The Morgan fingerprint density at radius 1 is 1.28 bits per heavy atom. The van der Waals surface area contributed by atoms with E-state index in [0.29, 0.717) is 49.4 Å². The highest BCUT2D eigenvalue weighted by Crippen LogP contribution is 2.56. The Balaban J connectivity index is 1.28. The van der Waals surface area contributed by atoms with Gasteiger partial charge in [0.05, 0.1) is 22.8 Å². The molecule has 0 radical (unpaired) electrons. The predicted molar refractivity (Wildman–Crippen MR) is 134 cm³/mol. The smallest absolute Gasteiger partial charge is 0.258 e. The topological polar surface area (TPSA) is 117 Å². The summed E-state index contributed by atoms with van der Waals surface area (Å²) in [7, 11) is 0. The van der Waals surface area contributed by atoms with E-state index < -0.39 is 23.4 Å². The Morgan fingerprint density at radius 2 is 2.08 bits per heavy atom. The number of aliphatic imine (C=N–C) groups is 2. The highest BCUT2D eigenvalue weighted by Gasteiger charge is 2.57. The van der Waals surface area contributed by atoms with Crippen molar-refractivity contribution in [1.82, 2.24) is 15.6 Å². The van der Waals surface area contributed by atoms with Crippen LogP contribution in [-0.4, -0.2) is 47.5 Å². The van der Waals surface area contributed by atoms with Crippen LogP contribution in [0.3, 0.4) is 0 Å². The van der Waals surface area contributed by atoms with Crippen LogP contribution < -0.4 is 21.7 Å². The minimum atomic E-state index is -0.831. The van der Waals surface area contributed by atoms with Gasteiger partial charge in [-0.05, 0) is 61.3 Å². The average Bonchev–Trinajstić information content (AvgIpc) is 3.33. The van der Waals surface area contributed by atoms with Crippen LogP contribution in [0.2, 0.25) is 5.02 Å². The number of guanidine groups is 1. The third-order valence-corrected chi connectivity index (χ3v) is 7.83. The average molecular weight is 514 g/mol. The zero-order chi connectivity index (χ0) is 25.0. The molecule has 4 fully saturated rings. The molecule has 11 heteroatoms. The Morgan fingerprint density at radius 3 is 2.75 bits per heavy atom. The Bertz CT molecular complexity index is 1300. The molecule has 188 valence electrons. The van der Waals surface area contributed by atoms with Crippen LogP contribution in [0.15, 0.2) is 34.4 Å². The van der Waals surface area contributed by atoms with Crippen LogP contribution in [0.1, 0.15) is 59.5 Å². The monoisotopic (exact) mass is 513 g/mol. The number of halogens is 3. The first-order chi connectivity index (χ1) is 17.3. The maximum Gasteiger partial charge on any atom is 0.258 e. The van der Waals surface area contributed by atoms with Gasteiger partial charge in [0, 0.05) is 30.3 Å². The Hall–Kier alpha value is -3.27. The maximum absolute atomic E-state index is 15.4. The lowest BCUT2D eigenvalue weighted by molar-refractivity contribution is 0.0975. The van der Waals surface area contributed by atoms with Crippen molar-refractivity contribution >= 4 is 40.8 Å². The zero-order valence-corrected chi connectivity index (χ0v) is 20.2. The van der Waals surface area contributed by atoms with E-state index in [4.69, 9.17) is 17.3 Å². The summed E-state index contributed by atoms with van der Waals surface area (Å²) in [6, 6.07) is 4.53. The third-order valence-electron chi connectivity index (χ3n) is 7.44. The number of pyridine rings is 1. The number of carbonyl (C=O) groups is 1. The van der Waals surface area contributed by atoms with Gasteiger partial charge in [-0.2, -0.15) is 0 Å². The van der Waals surface area contributed by atoms with Crippen LogP contribution in [0.5, 0.6) is 0 Å². The molecule has 0 spiro atoms. The summed E-state index contributed by atoms with van der Waals surface area (Å²) in [5.41, 5.74) is 7.42. The number of hydrogen-bond acceptors (Lipinski definition) is 6. The van der Waals surface area contributed by atoms with Gasteiger partial charge in [0.15, 0.2) is 5.96 Å². The molecule has 0 unspecified atom stereocenters. The number of amides is 1. The summed E-state index contributed by atoms with van der Waals surface area (Å²) in [6.45, 7) is 1.24. The number of nitrogens with two attached hydrogens (primary N) is 1. The van der Waals surface area contributed by atoms with Crippen molar-refractivity contribution < 1.29 is 13.6 Å². The second kappa shape index (κ2) is 8.69. The number of amidine groups is 1. The molecule has 1 aromatic heterocycles. The van der Waals surface area contributed by atoms with Gasteiger partial charge >= 0.3 is 0 Å². The van der Waals surface area contributed by atoms with Crippen LogP contribution in [0, 0.1) is 11.7 Å². The van der Waals surface area contributed by atoms with Gasteiger partial charge in [-0.1, -0.05) is 11.6 Å². The quantitative estimate of drug-likeness (QED) is 0.346. The SMILES string of the molecule is NC(=NC12CC(C1)[C@@H](F)C2)c1ccnc(Nc2c(F)cc(C(=O)NC3=NCCN3)cc2C2CC2)c1Cl. The van der Waals surface area contributed by atoms with Gasteiger partial charge in [-0.15, -0.1) is 0 Å². The minimum absolute atomic E-state index is 0.0722. The van der Waals surface area contributed by atoms with Crippen molar-refractivity contribution in [3.05, 3.63) is 51.9 Å². The van der Waals surface area contributed by atoms with E-state index in [2.05, 4.69) is 30.9 Å². The predicted octanol–water partition coefficient (Wildman–Crippen LogP) is 3.78. The van der Waals surface area contributed by atoms with Crippen molar-refractivity contribution in [2.75, 3.05) is 18.4 Å². The first-order valence-electron chi connectivity index (χ1n) is 12.2. The van der Waals surface area contributed by atoms with Crippen LogP contribution >= 0.6 is 11.6 Å². The second-order valence-electron chi connectivity index (χ2n) is 10.1. The number of anilines is 2. The highest BCUT2D eigenvalue weighted by atomic mass is 35.5. The summed E-state index contributed by atoms with van der Waals surface area (Å²) in [4.78, 5) is 25.8. The lowest BCUT2D eigenvalue weighted by atomic mass is 9.77. The Labute approximate surface area is 211 Å². The molecule has 7 rings (SSSR count). The first-order valence-corrected chi connectivity index (χ1v) is 12.5. The van der Waals surface area contributed by atoms with E-state index >= 15 is 4.39 Å². The molecule has 1 atom stereocenters. The first kappa shape index (κ1) is 23.1. The third kappa shape index (κ3) is 4.17. The zero-order valence-electron chi connectivity index (χ0n) is 19.5. The molecule has 5 aliphatic rings. The van der Waals surface area contributed by atoms with Crippen LogP contribution in [-0.2, 0) is 0 Å². The van der Waals surface area contributed by atoms with Gasteiger partial charge in [0.2, 0.25) is 0 Å². The summed E-state index contributed by atoms with van der Waals surface area (Å²) in [5, 5.41) is 8.87. The lowest BCUT2D eigenvalue weighted by Gasteiger charge is -2.34. The normalized spacial score (nSPS) is 26.8. The van der Waals surface area contributed by atoms with Gasteiger partial charge in [-0.3, -0.25) is 20.1 Å². The summed E-state index contributed by atoms with van der Waals surface area (Å²) < 4.78 is 29.3. The van der Waals surface area contributed by atoms with Gasteiger partial charge in [0.1, 0.15) is 23.6 Å². The number of aromatic nitrogens is 1. The van der Waals surface area contributed by atoms with E-state index in [0.717, 1.165) is 12.8 Å². The highest BCUT2D eigenvalue weighted by molar-refractivity contribution is 6.36. The number of fused-ring (bicyclic) bond motifs is 1. The number of nitrogens with one attached hydrogen (secondary N) is 3. The number of hydrogen-bond donors (Lipinski definition) is 4. The minimum Gasteiger partial charge on any atom is -0.383 e. The molecule has 4 aliphatic carbocycles. The summed E-state index contributed by atoms with van der Waals surface area (Å²) in [6.07, 6.45) is 4.25. The van der Waals surface area contributed by atoms with E-state index in [9.17, 15) is 9.18 Å². The van der Waals surface area contributed by atoms with E-state index in [-0.39, 0.29) is 39.8 Å². The van der Waals surface area contributed by atoms with E-state index in [1.165, 1.54) is 12.3 Å². The second-order valence-corrected chi connectivity index (χ2v) is 10.4. The summed E-state index contributed by atoms with van der Waals surface area (Å²) in [5.74, 6) is 0.0203. The molecule has 8 nitrogen and oxygen atoms in total. The van der Waals surface area contributed by atoms with Gasteiger partial charge in [0.25, 0.3) is 5.91 Å². The molecule has 1 aliphatic heterocycles. The number of benzene rings is 1. The molecule has 0 saturated heterocycles. The molecule has 5 N–H and O–H groups in total. The lowest BCUT2D eigenvalue weighted by Crippen LogP contribution is -2.38. The van der Waals surface area contributed by atoms with Crippen molar-refractivity contribution in [3.63, 3.8) is 0 Å². The van der Waals surface area contributed by atoms with Crippen LogP contribution in [0.25, 0.3) is 0 Å². The molecule has 2 bridgehead atoms. The molecule has 4 saturated carbocycles. The molecule has 1 amide bonds. The summed E-state index contributed by atoms with van der Waals surface area (Å²) >= 11 is 6.64. The van der Waals surface area contributed by atoms with Crippen molar-refractivity contribution in [3.8, 4) is 0 Å². The fraction of sp³-hybridized carbons (Fsp3) is 0.440. The van der Waals surface area contributed by atoms with E-state index in [1.807, 2.05) is 0 Å². The van der Waals surface area contributed by atoms with Crippen LogP contribution in [0.4, 0.5) is 20.3 Å². The number of nitrogens with zero attached hydrogens (tertiary/aromatic N) is 3. The standard InChI is InChI=1S/C25H26ClF2N7O/c26-19-15(21(29)35-25-9-14(10-25)18(28)11-25)3-4-30-22(19)33-20-16(12-1-2-12)7-13(8-17(20)27)23(36)34-24-31-5-6-32-24/h3-4,7-8,12,14,18H,1-2,5-6,9-11H2,(H2,29,35)(H,30,33)(H2,31,32,34,36)/t14?,18-,25?/m0/s1. The van der Waals surface area contributed by atoms with E-state index in [1.54, 1.807) is 12.1 Å². The fourth-order valence-corrected chi connectivity index (χ4v) is 5.69. The molecule has 2 aromatic rings. The molecular weight excluding hydrogens is 488 g/mol.